The quantitative estimate of drug-likeness (QED) is 0.126. The molecular formula is C22H33N9O6. The lowest BCUT2D eigenvalue weighted by atomic mass is 10.0. The summed E-state index contributed by atoms with van der Waals surface area (Å²) < 4.78 is 0. The molecule has 2 heterocycles. The molecule has 2 rings (SSSR count). The zero-order chi connectivity index (χ0) is 27.5. The second-order valence-corrected chi connectivity index (χ2v) is 8.86. The minimum Gasteiger partial charge on any atom is -0.480 e. The Morgan fingerprint density at radius 1 is 0.892 bits per heavy atom. The van der Waals surface area contributed by atoms with Gasteiger partial charge in [0, 0.05) is 43.0 Å². The van der Waals surface area contributed by atoms with Gasteiger partial charge in [0.1, 0.15) is 18.1 Å². The van der Waals surface area contributed by atoms with E-state index in [-0.39, 0.29) is 25.7 Å². The van der Waals surface area contributed by atoms with Gasteiger partial charge in [0.25, 0.3) is 0 Å². The number of nitrogens with zero attached hydrogens (tertiary/aromatic N) is 2. The molecule has 4 amide bonds. The normalized spacial score (nSPS) is 14.3. The maximum Gasteiger partial charge on any atom is 0.326 e. The van der Waals surface area contributed by atoms with Crippen molar-refractivity contribution in [2.24, 2.45) is 17.4 Å². The van der Waals surface area contributed by atoms with Gasteiger partial charge in [-0.3, -0.25) is 19.2 Å². The van der Waals surface area contributed by atoms with E-state index in [1.807, 2.05) is 0 Å². The van der Waals surface area contributed by atoms with Crippen LogP contribution in [0.3, 0.4) is 0 Å². The summed E-state index contributed by atoms with van der Waals surface area (Å²) in [6.45, 7) is 3.26. The number of imidazole rings is 2. The molecule has 0 saturated heterocycles. The molecule has 4 atom stereocenters. The van der Waals surface area contributed by atoms with Crippen LogP contribution in [-0.2, 0) is 36.8 Å². The van der Waals surface area contributed by atoms with Crippen molar-refractivity contribution >= 4 is 29.6 Å². The number of rotatable bonds is 15. The summed E-state index contributed by atoms with van der Waals surface area (Å²) in [4.78, 5) is 75.2. The van der Waals surface area contributed by atoms with Crippen LogP contribution in [0.1, 0.15) is 38.1 Å². The van der Waals surface area contributed by atoms with Gasteiger partial charge in [0.15, 0.2) is 0 Å². The lowest BCUT2D eigenvalue weighted by molar-refractivity contribution is -0.143. The highest BCUT2D eigenvalue weighted by molar-refractivity contribution is 5.94. The van der Waals surface area contributed by atoms with Gasteiger partial charge in [-0.25, -0.2) is 14.8 Å². The molecule has 0 aliphatic carbocycles. The maximum atomic E-state index is 13.2. The molecule has 202 valence electrons. The summed E-state index contributed by atoms with van der Waals surface area (Å²) >= 11 is 0. The average molecular weight is 520 g/mol. The molecule has 0 aliphatic heterocycles. The Bertz CT molecular complexity index is 1050. The Kier molecular flexibility index (Phi) is 10.7. The van der Waals surface area contributed by atoms with E-state index in [0.717, 1.165) is 0 Å². The largest absolute Gasteiger partial charge is 0.480 e. The van der Waals surface area contributed by atoms with Crippen LogP contribution in [0.5, 0.6) is 0 Å². The number of carboxylic acids is 1. The standard InChI is InChI=1S/C22H33N9O6/c1-11(2)18(22(36)37)31-21(35)16(6-13-8-26-10-28-13)30-20(34)15(3-4-17(24)32)29-19(33)14(23)5-12-7-25-9-27-12/h7-11,14-16,18H,3-6,23H2,1-2H3,(H2,24,32)(H,25,27)(H,26,28)(H,29,33)(H,30,34)(H,31,35)(H,36,37). The molecule has 0 saturated carbocycles. The van der Waals surface area contributed by atoms with Crippen molar-refractivity contribution in [2.75, 3.05) is 0 Å². The predicted molar refractivity (Wildman–Crippen MR) is 129 cm³/mol. The van der Waals surface area contributed by atoms with Crippen molar-refractivity contribution in [1.82, 2.24) is 35.9 Å². The van der Waals surface area contributed by atoms with Crippen LogP contribution in [0.4, 0.5) is 0 Å². The molecule has 15 nitrogen and oxygen atoms in total. The molecule has 37 heavy (non-hydrogen) atoms. The Labute approximate surface area is 212 Å². The summed E-state index contributed by atoms with van der Waals surface area (Å²) in [6, 6.07) is -4.69. The number of hydrogen-bond acceptors (Lipinski definition) is 8. The van der Waals surface area contributed by atoms with Gasteiger partial charge in [0.05, 0.1) is 18.7 Å². The molecule has 2 aromatic rings. The van der Waals surface area contributed by atoms with Crippen LogP contribution in [0.25, 0.3) is 0 Å². The fourth-order valence-electron chi connectivity index (χ4n) is 3.43. The van der Waals surface area contributed by atoms with Gasteiger partial charge >= 0.3 is 5.97 Å². The third-order valence-electron chi connectivity index (χ3n) is 5.49. The first kappa shape index (κ1) is 29.0. The minimum atomic E-state index is -1.25. The highest BCUT2D eigenvalue weighted by atomic mass is 16.4. The van der Waals surface area contributed by atoms with E-state index in [0.29, 0.717) is 11.4 Å². The van der Waals surface area contributed by atoms with E-state index >= 15 is 0 Å². The monoisotopic (exact) mass is 519 g/mol. The smallest absolute Gasteiger partial charge is 0.326 e. The number of carboxylic acid groups (broad SMARTS) is 1. The van der Waals surface area contributed by atoms with Gasteiger partial charge in [-0.2, -0.15) is 0 Å². The van der Waals surface area contributed by atoms with Gasteiger partial charge < -0.3 is 42.5 Å². The number of H-pyrrole nitrogens is 2. The van der Waals surface area contributed by atoms with Crippen molar-refractivity contribution in [1.29, 1.82) is 0 Å². The van der Waals surface area contributed by atoms with Crippen LogP contribution in [0, 0.1) is 5.92 Å². The maximum absolute atomic E-state index is 13.2. The zero-order valence-corrected chi connectivity index (χ0v) is 20.6. The van der Waals surface area contributed by atoms with E-state index in [2.05, 4.69) is 35.9 Å². The number of nitrogens with one attached hydrogen (secondary N) is 5. The third kappa shape index (κ3) is 9.36. The van der Waals surface area contributed by atoms with Crippen molar-refractivity contribution < 1.29 is 29.1 Å². The number of aliphatic carboxylic acids is 1. The number of aromatic nitrogens is 4. The van der Waals surface area contributed by atoms with Gasteiger partial charge in [-0.15, -0.1) is 0 Å². The Balaban J connectivity index is 2.18. The molecule has 2 aromatic heterocycles. The van der Waals surface area contributed by atoms with Gasteiger partial charge in [-0.05, 0) is 12.3 Å². The summed E-state index contributed by atoms with van der Waals surface area (Å²) in [5, 5.41) is 16.9. The number of aromatic amines is 2. The Morgan fingerprint density at radius 3 is 1.92 bits per heavy atom. The molecule has 0 fully saturated rings. The van der Waals surface area contributed by atoms with E-state index in [1.165, 1.54) is 25.0 Å². The number of primary amides is 1. The number of nitrogens with two attached hydrogens (primary N) is 2. The first-order valence-electron chi connectivity index (χ1n) is 11.6. The number of amides is 4. The molecule has 0 aliphatic rings. The van der Waals surface area contributed by atoms with Crippen molar-refractivity contribution in [3.8, 4) is 0 Å². The molecule has 4 unspecified atom stereocenters. The van der Waals surface area contributed by atoms with E-state index < -0.39 is 59.7 Å². The van der Waals surface area contributed by atoms with Crippen LogP contribution >= 0.6 is 0 Å². The number of carbonyl (C=O) groups excluding carboxylic acids is 4. The summed E-state index contributed by atoms with van der Waals surface area (Å²) in [7, 11) is 0. The van der Waals surface area contributed by atoms with E-state index in [1.54, 1.807) is 13.8 Å². The Hall–Kier alpha value is -4.27. The highest BCUT2D eigenvalue weighted by Crippen LogP contribution is 2.07. The summed E-state index contributed by atoms with van der Waals surface area (Å²) in [6.07, 6.45) is 5.48. The number of hydrogen-bond donors (Lipinski definition) is 8. The molecule has 0 aromatic carbocycles. The molecule has 0 bridgehead atoms. The van der Waals surface area contributed by atoms with Crippen molar-refractivity contribution in [3.63, 3.8) is 0 Å². The first-order chi connectivity index (χ1) is 17.5. The lowest BCUT2D eigenvalue weighted by Gasteiger charge is -2.25. The zero-order valence-electron chi connectivity index (χ0n) is 20.6. The SMILES string of the molecule is CC(C)C(NC(=O)C(Cc1cnc[nH]1)NC(=O)C(CCC(N)=O)NC(=O)C(N)Cc1cnc[nH]1)C(=O)O. The van der Waals surface area contributed by atoms with Crippen molar-refractivity contribution in [3.05, 3.63) is 36.4 Å². The van der Waals surface area contributed by atoms with Crippen LogP contribution in [0.15, 0.2) is 25.0 Å². The van der Waals surface area contributed by atoms with Gasteiger partial charge in [-0.1, -0.05) is 13.8 Å². The van der Waals surface area contributed by atoms with E-state index in [4.69, 9.17) is 11.5 Å². The molecular weight excluding hydrogens is 486 g/mol. The second kappa shape index (κ2) is 13.7. The minimum absolute atomic E-state index is 0.0438. The molecule has 0 radical (unpaired) electrons. The van der Waals surface area contributed by atoms with Crippen LogP contribution < -0.4 is 27.4 Å². The fraction of sp³-hybridized carbons (Fsp3) is 0.500. The van der Waals surface area contributed by atoms with Crippen LogP contribution in [-0.4, -0.2) is 78.8 Å². The average Bonchev–Trinajstić information content (AvgIpc) is 3.53. The second-order valence-electron chi connectivity index (χ2n) is 8.86. The predicted octanol–water partition coefficient (Wildman–Crippen LogP) is -2.29. The molecule has 10 N–H and O–H groups in total. The van der Waals surface area contributed by atoms with Gasteiger partial charge in [0.2, 0.25) is 23.6 Å². The highest BCUT2D eigenvalue weighted by Gasteiger charge is 2.32. The number of carbonyl (C=O) groups is 5. The van der Waals surface area contributed by atoms with Crippen LogP contribution in [0.2, 0.25) is 0 Å². The topological polar surface area (TPSA) is 251 Å². The lowest BCUT2D eigenvalue weighted by Crippen LogP contribution is -2.58. The van der Waals surface area contributed by atoms with E-state index in [9.17, 15) is 29.1 Å². The summed E-state index contributed by atoms with van der Waals surface area (Å²) in [5.74, 6) is -4.54. The first-order valence-corrected chi connectivity index (χ1v) is 11.6. The fourth-order valence-corrected chi connectivity index (χ4v) is 3.43. The Morgan fingerprint density at radius 2 is 1.43 bits per heavy atom. The van der Waals surface area contributed by atoms with Crippen molar-refractivity contribution in [2.45, 2.75) is 63.7 Å². The molecule has 0 spiro atoms. The summed E-state index contributed by atoms with van der Waals surface area (Å²) in [5.41, 5.74) is 12.3. The third-order valence-corrected chi connectivity index (χ3v) is 5.49. The molecule has 15 heteroatoms.